The van der Waals surface area contributed by atoms with Gasteiger partial charge in [0.1, 0.15) is 11.5 Å². The zero-order valence-corrected chi connectivity index (χ0v) is 14.7. The van der Waals surface area contributed by atoms with Gasteiger partial charge in [-0.05, 0) is 43.9 Å². The number of nitrogens with zero attached hydrogens (tertiary/aromatic N) is 3. The van der Waals surface area contributed by atoms with E-state index in [-0.39, 0.29) is 29.2 Å². The van der Waals surface area contributed by atoms with E-state index in [2.05, 4.69) is 4.98 Å². The maximum atomic E-state index is 13.7. The monoisotopic (exact) mass is 364 g/mol. The van der Waals surface area contributed by atoms with Crippen molar-refractivity contribution < 1.29 is 4.39 Å². The van der Waals surface area contributed by atoms with Crippen LogP contribution in [0.1, 0.15) is 44.2 Å². The fourth-order valence-corrected chi connectivity index (χ4v) is 5.13. The number of rotatable bonds is 2. The molecule has 1 aliphatic heterocycles. The number of pyridine rings is 1. The summed E-state index contributed by atoms with van der Waals surface area (Å²) in [5, 5.41) is 0.186. The van der Waals surface area contributed by atoms with Crippen molar-refractivity contribution >= 4 is 22.8 Å². The summed E-state index contributed by atoms with van der Waals surface area (Å²) in [6.45, 7) is 0. The number of nitrogens with two attached hydrogens (primary N) is 1. The predicted molar refractivity (Wildman–Crippen MR) is 96.7 cm³/mol. The van der Waals surface area contributed by atoms with Gasteiger partial charge in [-0.15, -0.1) is 0 Å². The van der Waals surface area contributed by atoms with E-state index < -0.39 is 11.4 Å². The van der Waals surface area contributed by atoms with Gasteiger partial charge in [0.15, 0.2) is 0 Å². The molecule has 1 saturated carbocycles. The van der Waals surface area contributed by atoms with Crippen molar-refractivity contribution in [2.45, 2.75) is 50.2 Å². The molecule has 1 aliphatic carbocycles. The van der Waals surface area contributed by atoms with Gasteiger partial charge in [-0.3, -0.25) is 13.9 Å². The smallest absolute Gasteiger partial charge is 0.328 e. The highest BCUT2D eigenvalue weighted by molar-refractivity contribution is 7.99. The summed E-state index contributed by atoms with van der Waals surface area (Å²) in [7, 11) is 0. The van der Waals surface area contributed by atoms with Crippen LogP contribution < -0.4 is 17.0 Å². The standard InChI is InChI=1S/C17H21FN4O2S/c18-10-7-14-15(20-8-10)21(13-5-6-25-9-13)17(24)22(16(14)23)12-3-1-11(19)2-4-12/h7-8,11-13H,1-6,9,19H2/t11-,12+,13?. The van der Waals surface area contributed by atoms with E-state index in [9.17, 15) is 14.0 Å². The summed E-state index contributed by atoms with van der Waals surface area (Å²) in [4.78, 5) is 30.3. The molecule has 134 valence electrons. The molecule has 1 saturated heterocycles. The highest BCUT2D eigenvalue weighted by atomic mass is 32.2. The van der Waals surface area contributed by atoms with E-state index in [1.807, 2.05) is 0 Å². The third-order valence-corrected chi connectivity index (χ3v) is 6.45. The Hall–Kier alpha value is -1.67. The van der Waals surface area contributed by atoms with Crippen molar-refractivity contribution in [3.63, 3.8) is 0 Å². The summed E-state index contributed by atoms with van der Waals surface area (Å²) in [5.74, 6) is 1.21. The first kappa shape index (κ1) is 16.8. The van der Waals surface area contributed by atoms with Gasteiger partial charge in [0.2, 0.25) is 0 Å². The number of fused-ring (bicyclic) bond motifs is 1. The molecule has 2 aromatic rings. The van der Waals surface area contributed by atoms with E-state index in [0.717, 1.165) is 37.0 Å². The SMILES string of the molecule is N[C@H]1CC[C@@H](n2c(=O)c3cc(F)cnc3n(C3CCSC3)c2=O)CC1. The third kappa shape index (κ3) is 2.91. The first-order valence-electron chi connectivity index (χ1n) is 8.72. The molecule has 0 spiro atoms. The molecule has 25 heavy (non-hydrogen) atoms. The second-order valence-corrected chi connectivity index (χ2v) is 8.09. The molecule has 1 atom stereocenters. The third-order valence-electron chi connectivity index (χ3n) is 5.30. The molecule has 2 aromatic heterocycles. The van der Waals surface area contributed by atoms with Gasteiger partial charge in [-0.2, -0.15) is 11.8 Å². The quantitative estimate of drug-likeness (QED) is 0.879. The molecule has 1 unspecified atom stereocenters. The number of halogens is 1. The Bertz CT molecular complexity index is 911. The molecular formula is C17H21FN4O2S. The average molecular weight is 364 g/mol. The number of hydrogen-bond acceptors (Lipinski definition) is 5. The van der Waals surface area contributed by atoms with Crippen molar-refractivity contribution in [3.05, 3.63) is 38.9 Å². The van der Waals surface area contributed by atoms with E-state index >= 15 is 0 Å². The van der Waals surface area contributed by atoms with Gasteiger partial charge in [0.25, 0.3) is 5.56 Å². The molecular weight excluding hydrogens is 343 g/mol. The Morgan fingerprint density at radius 1 is 1.12 bits per heavy atom. The second kappa shape index (κ2) is 6.57. The lowest BCUT2D eigenvalue weighted by atomic mass is 9.91. The van der Waals surface area contributed by atoms with Crippen molar-refractivity contribution in [3.8, 4) is 0 Å². The minimum absolute atomic E-state index is 0.00402. The minimum Gasteiger partial charge on any atom is -0.328 e. The molecule has 0 aromatic carbocycles. The van der Waals surface area contributed by atoms with Crippen LogP contribution in [0.15, 0.2) is 21.9 Å². The van der Waals surface area contributed by atoms with Gasteiger partial charge in [-0.25, -0.2) is 14.2 Å². The molecule has 2 fully saturated rings. The molecule has 4 rings (SSSR count). The predicted octanol–water partition coefficient (Wildman–Crippen LogP) is 1.82. The summed E-state index contributed by atoms with van der Waals surface area (Å²) in [6.07, 6.45) is 4.90. The normalized spacial score (nSPS) is 27.0. The fourth-order valence-electron chi connectivity index (χ4n) is 3.94. The van der Waals surface area contributed by atoms with Crippen molar-refractivity contribution in [2.24, 2.45) is 5.73 Å². The Morgan fingerprint density at radius 2 is 1.88 bits per heavy atom. The molecule has 2 aliphatic rings. The van der Waals surface area contributed by atoms with E-state index in [1.165, 1.54) is 10.6 Å². The van der Waals surface area contributed by atoms with Gasteiger partial charge >= 0.3 is 5.69 Å². The average Bonchev–Trinajstić information content (AvgIpc) is 3.11. The minimum atomic E-state index is -0.562. The Balaban J connectivity index is 1.96. The Morgan fingerprint density at radius 3 is 2.56 bits per heavy atom. The van der Waals surface area contributed by atoms with Gasteiger partial charge < -0.3 is 5.73 Å². The maximum Gasteiger partial charge on any atom is 0.333 e. The van der Waals surface area contributed by atoms with Crippen molar-refractivity contribution in [2.75, 3.05) is 11.5 Å². The molecule has 6 nitrogen and oxygen atoms in total. The lowest BCUT2D eigenvalue weighted by Crippen LogP contribution is -2.45. The summed E-state index contributed by atoms with van der Waals surface area (Å²) < 4.78 is 16.7. The van der Waals surface area contributed by atoms with Crippen LogP contribution in [0, 0.1) is 5.82 Å². The molecule has 2 N–H and O–H groups in total. The van der Waals surface area contributed by atoms with Crippen LogP contribution in [-0.4, -0.2) is 31.7 Å². The zero-order valence-electron chi connectivity index (χ0n) is 13.9. The Labute approximate surface area is 148 Å². The maximum absolute atomic E-state index is 13.7. The van der Waals surface area contributed by atoms with Crippen LogP contribution in [0.25, 0.3) is 11.0 Å². The topological polar surface area (TPSA) is 82.9 Å². The zero-order chi connectivity index (χ0) is 17.6. The summed E-state index contributed by atoms with van der Waals surface area (Å²) >= 11 is 1.78. The van der Waals surface area contributed by atoms with Gasteiger partial charge in [0.05, 0.1) is 17.6 Å². The van der Waals surface area contributed by atoms with Crippen LogP contribution >= 0.6 is 11.8 Å². The second-order valence-electron chi connectivity index (χ2n) is 6.94. The molecule has 0 radical (unpaired) electrons. The summed E-state index contributed by atoms with van der Waals surface area (Å²) in [6, 6.07) is 1.15. The lowest BCUT2D eigenvalue weighted by Gasteiger charge is -2.28. The van der Waals surface area contributed by atoms with Gasteiger partial charge in [-0.1, -0.05) is 0 Å². The van der Waals surface area contributed by atoms with Crippen LogP contribution in [0.2, 0.25) is 0 Å². The highest BCUT2D eigenvalue weighted by Gasteiger charge is 2.28. The van der Waals surface area contributed by atoms with Crippen LogP contribution in [0.4, 0.5) is 4.39 Å². The largest absolute Gasteiger partial charge is 0.333 e. The molecule has 0 amide bonds. The van der Waals surface area contributed by atoms with Gasteiger partial charge in [0, 0.05) is 17.8 Å². The number of hydrogen-bond donors (Lipinski definition) is 1. The highest BCUT2D eigenvalue weighted by Crippen LogP contribution is 2.30. The number of thioether (sulfide) groups is 1. The molecule has 0 bridgehead atoms. The molecule has 3 heterocycles. The number of aromatic nitrogens is 3. The van der Waals surface area contributed by atoms with Crippen LogP contribution in [0.3, 0.4) is 0 Å². The first-order chi connectivity index (χ1) is 12.1. The van der Waals surface area contributed by atoms with Crippen molar-refractivity contribution in [1.82, 2.24) is 14.1 Å². The van der Waals surface area contributed by atoms with Crippen LogP contribution in [-0.2, 0) is 0 Å². The van der Waals surface area contributed by atoms with E-state index in [0.29, 0.717) is 18.5 Å². The molecule has 8 heteroatoms. The van der Waals surface area contributed by atoms with Crippen LogP contribution in [0.5, 0.6) is 0 Å². The fraction of sp³-hybridized carbons (Fsp3) is 0.588. The van der Waals surface area contributed by atoms with E-state index in [4.69, 9.17) is 5.73 Å². The first-order valence-corrected chi connectivity index (χ1v) is 9.87. The van der Waals surface area contributed by atoms with Crippen molar-refractivity contribution in [1.29, 1.82) is 0 Å². The summed E-state index contributed by atoms with van der Waals surface area (Å²) in [5.41, 5.74) is 5.51. The van der Waals surface area contributed by atoms with E-state index in [1.54, 1.807) is 16.3 Å². The lowest BCUT2D eigenvalue weighted by molar-refractivity contribution is 0.304. The Kier molecular flexibility index (Phi) is 4.41.